The summed E-state index contributed by atoms with van der Waals surface area (Å²) in [6.45, 7) is 4.16. The van der Waals surface area contributed by atoms with E-state index in [0.29, 0.717) is 49.6 Å². The van der Waals surface area contributed by atoms with Gasteiger partial charge in [0.15, 0.2) is 11.4 Å². The van der Waals surface area contributed by atoms with Gasteiger partial charge in [-0.1, -0.05) is 0 Å². The number of amides is 2. The summed E-state index contributed by atoms with van der Waals surface area (Å²) in [7, 11) is 0. The minimum absolute atomic E-state index is 0.00752. The first-order chi connectivity index (χ1) is 30.1. The fourth-order valence-electron chi connectivity index (χ4n) is 9.10. The van der Waals surface area contributed by atoms with Crippen LogP contribution in [0.2, 0.25) is 0 Å². The molecular weight excluding hydrogens is 842 g/mol. The average molecular weight is 891 g/mol. The maximum atomic E-state index is 14.8. The summed E-state index contributed by atoms with van der Waals surface area (Å²) < 4.78 is 104. The second-order valence-electron chi connectivity index (χ2n) is 16.7. The third-order valence-corrected chi connectivity index (χ3v) is 12.1. The predicted molar refractivity (Wildman–Crippen MR) is 220 cm³/mol. The number of fused-ring (bicyclic) bond motifs is 2. The Morgan fingerprint density at radius 2 is 1.08 bits per heavy atom. The second kappa shape index (κ2) is 18.2. The highest BCUT2D eigenvalue weighted by molar-refractivity contribution is 6.04. The molecule has 0 aliphatic carbocycles. The fourth-order valence-corrected chi connectivity index (χ4v) is 9.10. The molecule has 2 atom stereocenters. The van der Waals surface area contributed by atoms with Gasteiger partial charge < -0.3 is 44.2 Å². The van der Waals surface area contributed by atoms with E-state index in [1.54, 1.807) is 34.1 Å². The van der Waals surface area contributed by atoms with Crippen LogP contribution in [-0.2, 0) is 12.8 Å². The maximum absolute atomic E-state index is 14.8. The summed E-state index contributed by atoms with van der Waals surface area (Å²) in [6.07, 6.45) is -0.773. The van der Waals surface area contributed by atoms with E-state index < -0.39 is 60.0 Å². The SMILES string of the molecule is O=C(Nc1ccc(N2C3CCCC2C3)c(F)c1)c1nc(N2CCCC2)oc1CC(F)(F)F.O=C(Nc1ccc(N2CCCCC2)c(O)c1)c1nc(N2CCCC2)oc1CC(F)(F)F. The maximum Gasteiger partial charge on any atom is 0.396 e. The van der Waals surface area contributed by atoms with Crippen molar-refractivity contribution in [1.82, 2.24) is 9.97 Å². The number of aromatic nitrogens is 2. The van der Waals surface area contributed by atoms with E-state index in [2.05, 4.69) is 30.4 Å². The topological polar surface area (TPSA) is 143 Å². The standard InChI is InChI=1S/C22H24F4N4O2.C21H25F3N4O3/c23-16-10-13(6-7-17(16)30-14-4-3-5-15(30)11-14)27-20(31)19-18(12-22(24,25)26)32-21(28-19)29-8-1-2-9-29;22-21(23,24)13-17-18(26-20(31-17)28-10-4-5-11-28)19(30)25-14-6-7-15(16(29)12-14)27-8-2-1-3-9-27/h6-7,10,14-15H,1-5,8-9,11-12H2,(H,27,31);6-7,12,29H,1-5,8-11,13H2,(H,25,30). The quantitative estimate of drug-likeness (QED) is 0.131. The van der Waals surface area contributed by atoms with Crippen molar-refractivity contribution in [2.45, 2.75) is 108 Å². The Bertz CT molecular complexity index is 2250. The van der Waals surface area contributed by atoms with Crippen LogP contribution < -0.4 is 30.2 Å². The zero-order valence-corrected chi connectivity index (χ0v) is 34.5. The number of hydrogen-bond donors (Lipinski definition) is 3. The molecular formula is C43H49F7N8O5. The van der Waals surface area contributed by atoms with Crippen molar-refractivity contribution in [3.63, 3.8) is 0 Å². The van der Waals surface area contributed by atoms with Crippen molar-refractivity contribution in [1.29, 1.82) is 0 Å². The van der Waals surface area contributed by atoms with Crippen molar-refractivity contribution in [2.75, 3.05) is 69.5 Å². The van der Waals surface area contributed by atoms with E-state index in [0.717, 1.165) is 83.7 Å². The number of carbonyl (C=O) groups is 2. The third-order valence-electron chi connectivity index (χ3n) is 12.1. The number of halogens is 7. The van der Waals surface area contributed by atoms with Crippen molar-refractivity contribution in [2.24, 2.45) is 0 Å². The molecule has 2 unspecified atom stereocenters. The second-order valence-corrected chi connectivity index (χ2v) is 16.7. The molecule has 13 nitrogen and oxygen atoms in total. The highest BCUT2D eigenvalue weighted by Gasteiger charge is 2.42. The molecule has 5 saturated heterocycles. The van der Waals surface area contributed by atoms with Crippen LogP contribution in [0.5, 0.6) is 5.75 Å². The Morgan fingerprint density at radius 3 is 1.52 bits per heavy atom. The largest absolute Gasteiger partial charge is 0.506 e. The number of phenols is 1. The van der Waals surface area contributed by atoms with E-state index >= 15 is 0 Å². The summed E-state index contributed by atoms with van der Waals surface area (Å²) in [5.41, 5.74) is 0.787. The Kier molecular flexibility index (Phi) is 12.7. The molecule has 20 heteroatoms. The number of hydrogen-bond acceptors (Lipinski definition) is 11. The number of nitrogens with one attached hydrogen (secondary N) is 2. The fraction of sp³-hybridized carbons (Fsp3) is 0.535. The molecule has 0 spiro atoms. The minimum atomic E-state index is -4.56. The number of phenolic OH excluding ortho intramolecular Hbond substituents is 1. The number of oxazole rings is 2. The van der Waals surface area contributed by atoms with Gasteiger partial charge in [-0.15, -0.1) is 0 Å². The van der Waals surface area contributed by atoms with Crippen LogP contribution in [0.4, 0.5) is 65.5 Å². The molecule has 0 saturated carbocycles. The molecule has 2 bridgehead atoms. The van der Waals surface area contributed by atoms with Crippen molar-refractivity contribution < 1.29 is 54.3 Å². The highest BCUT2D eigenvalue weighted by Crippen LogP contribution is 2.43. The van der Waals surface area contributed by atoms with Crippen LogP contribution in [0.1, 0.15) is 103 Å². The highest BCUT2D eigenvalue weighted by atomic mass is 19.4. The van der Waals surface area contributed by atoms with Crippen LogP contribution in [0, 0.1) is 5.82 Å². The first-order valence-electron chi connectivity index (χ1n) is 21.5. The van der Waals surface area contributed by atoms with Gasteiger partial charge in [-0.3, -0.25) is 9.59 Å². The van der Waals surface area contributed by atoms with Crippen LogP contribution >= 0.6 is 0 Å². The Hall–Kier alpha value is -5.69. The van der Waals surface area contributed by atoms with Crippen LogP contribution in [0.25, 0.3) is 0 Å². The summed E-state index contributed by atoms with van der Waals surface area (Å²) in [5, 5.41) is 15.4. The van der Waals surface area contributed by atoms with Gasteiger partial charge in [0, 0.05) is 68.8 Å². The number of aromatic hydroxyl groups is 1. The van der Waals surface area contributed by atoms with Crippen LogP contribution in [-0.4, -0.2) is 90.6 Å². The lowest BCUT2D eigenvalue weighted by Crippen LogP contribution is -2.59. The van der Waals surface area contributed by atoms with Gasteiger partial charge in [0.1, 0.15) is 35.9 Å². The first kappa shape index (κ1) is 43.9. The molecule has 2 amide bonds. The van der Waals surface area contributed by atoms with Gasteiger partial charge in [0.05, 0.1) is 11.4 Å². The number of alkyl halides is 6. The summed E-state index contributed by atoms with van der Waals surface area (Å²) >= 11 is 0. The van der Waals surface area contributed by atoms with Crippen LogP contribution in [0.15, 0.2) is 45.2 Å². The normalized spacial score (nSPS) is 20.0. The monoisotopic (exact) mass is 890 g/mol. The van der Waals surface area contributed by atoms with Gasteiger partial charge in [-0.05, 0) is 101 Å². The van der Waals surface area contributed by atoms with E-state index in [9.17, 15) is 45.4 Å². The lowest BCUT2D eigenvalue weighted by Gasteiger charge is -2.54. The van der Waals surface area contributed by atoms with Gasteiger partial charge in [0.2, 0.25) is 0 Å². The summed E-state index contributed by atoms with van der Waals surface area (Å²) in [5.74, 6) is -3.17. The first-order valence-corrected chi connectivity index (χ1v) is 21.5. The van der Waals surface area contributed by atoms with Gasteiger partial charge in [0.25, 0.3) is 23.8 Å². The van der Waals surface area contributed by atoms with E-state index in [1.807, 2.05) is 0 Å². The lowest BCUT2D eigenvalue weighted by atomic mass is 9.79. The molecule has 3 N–H and O–H groups in total. The Morgan fingerprint density at radius 1 is 0.635 bits per heavy atom. The number of anilines is 6. The lowest BCUT2D eigenvalue weighted by molar-refractivity contribution is -0.131. The van der Waals surface area contributed by atoms with Crippen LogP contribution in [0.3, 0.4) is 0 Å². The van der Waals surface area contributed by atoms with Gasteiger partial charge in [-0.25, -0.2) is 4.39 Å². The molecule has 5 fully saturated rings. The molecule has 0 radical (unpaired) electrons. The van der Waals surface area contributed by atoms with Crippen molar-refractivity contribution in [3.05, 3.63) is 65.1 Å². The Balaban J connectivity index is 0.000000173. The zero-order valence-electron chi connectivity index (χ0n) is 34.5. The minimum Gasteiger partial charge on any atom is -0.506 e. The molecule has 5 aliphatic heterocycles. The van der Waals surface area contributed by atoms with E-state index in [1.165, 1.54) is 12.1 Å². The molecule has 340 valence electrons. The number of piperidine rings is 2. The Labute approximate surface area is 358 Å². The zero-order chi connectivity index (χ0) is 44.5. The molecule has 5 aliphatic rings. The predicted octanol–water partition coefficient (Wildman–Crippen LogP) is 9.23. The molecule has 9 rings (SSSR count). The summed E-state index contributed by atoms with van der Waals surface area (Å²) in [4.78, 5) is 41.2. The number of rotatable bonds is 10. The van der Waals surface area contributed by atoms with Crippen molar-refractivity contribution >= 4 is 46.6 Å². The average Bonchev–Trinajstić information content (AvgIpc) is 4.07. The number of carbonyl (C=O) groups excluding carboxylic acids is 2. The summed E-state index contributed by atoms with van der Waals surface area (Å²) in [6, 6.07) is 9.85. The van der Waals surface area contributed by atoms with E-state index in [-0.39, 0.29) is 34.8 Å². The molecule has 4 aromatic rings. The smallest absolute Gasteiger partial charge is 0.396 e. The van der Waals surface area contributed by atoms with Gasteiger partial charge in [-0.2, -0.15) is 36.3 Å². The van der Waals surface area contributed by atoms with Crippen molar-refractivity contribution in [3.8, 4) is 5.75 Å². The van der Waals surface area contributed by atoms with E-state index in [4.69, 9.17) is 8.83 Å². The molecule has 2 aromatic heterocycles. The molecule has 7 heterocycles. The third kappa shape index (κ3) is 10.4. The molecule has 2 aromatic carbocycles. The molecule has 63 heavy (non-hydrogen) atoms. The van der Waals surface area contributed by atoms with Gasteiger partial charge >= 0.3 is 12.4 Å². The number of benzene rings is 2. The number of nitrogens with zero attached hydrogens (tertiary/aromatic N) is 6.